The van der Waals surface area contributed by atoms with Gasteiger partial charge in [-0.3, -0.25) is 11.3 Å². The molecule has 8 atom stereocenters. The number of allylic oxidation sites excluding steroid dienone is 1. The van der Waals surface area contributed by atoms with E-state index in [0.29, 0.717) is 11.5 Å². The summed E-state index contributed by atoms with van der Waals surface area (Å²) in [5, 5.41) is 0. The van der Waals surface area contributed by atoms with Crippen molar-refractivity contribution < 1.29 is 0 Å². The van der Waals surface area contributed by atoms with Crippen molar-refractivity contribution in [3.63, 3.8) is 0 Å². The molecule has 38 heavy (non-hydrogen) atoms. The average molecular weight is 532 g/mol. The molecule has 5 aliphatic carbocycles. The van der Waals surface area contributed by atoms with Gasteiger partial charge in [0, 0.05) is 6.04 Å². The van der Waals surface area contributed by atoms with E-state index < -0.39 is 0 Å². The van der Waals surface area contributed by atoms with Crippen LogP contribution in [0.1, 0.15) is 119 Å². The van der Waals surface area contributed by atoms with Crippen molar-refractivity contribution in [1.29, 1.82) is 0 Å². The van der Waals surface area contributed by atoms with E-state index in [2.05, 4.69) is 71.7 Å². The molecular formula is C35H69N3. The van der Waals surface area contributed by atoms with Crippen molar-refractivity contribution in [2.24, 2.45) is 64.3 Å². The van der Waals surface area contributed by atoms with Crippen molar-refractivity contribution in [2.75, 3.05) is 7.05 Å². The van der Waals surface area contributed by atoms with E-state index in [-0.39, 0.29) is 0 Å². The van der Waals surface area contributed by atoms with Gasteiger partial charge in [0.05, 0.1) is 0 Å². The number of nitrogens with one attached hydrogen (secondary N) is 1. The highest BCUT2D eigenvalue weighted by Crippen LogP contribution is 2.65. The van der Waals surface area contributed by atoms with E-state index in [1.54, 1.807) is 37.7 Å². The topological polar surface area (TPSA) is 64.1 Å². The predicted molar refractivity (Wildman–Crippen MR) is 173 cm³/mol. The molecule has 5 aliphatic rings. The normalized spacial score (nSPS) is 36.1. The first-order chi connectivity index (χ1) is 18.2. The lowest BCUT2D eigenvalue weighted by molar-refractivity contribution is -0.0635. The van der Waals surface area contributed by atoms with Gasteiger partial charge in [-0.1, -0.05) is 59.1 Å². The number of fused-ring (bicyclic) bond motifs is 5. The van der Waals surface area contributed by atoms with Gasteiger partial charge in [-0.05, 0) is 131 Å². The summed E-state index contributed by atoms with van der Waals surface area (Å²) in [4.78, 5) is 0. The average Bonchev–Trinajstić information content (AvgIpc) is 3.66. The van der Waals surface area contributed by atoms with Crippen LogP contribution in [0.15, 0.2) is 38.5 Å². The molecule has 0 heterocycles. The quantitative estimate of drug-likeness (QED) is 0.193. The fraction of sp³-hybridized carbons (Fsp3) is 0.829. The molecule has 0 aromatic rings. The monoisotopic (exact) mass is 532 g/mol. The Labute approximate surface area is 239 Å². The maximum Gasteiger partial charge on any atom is 0.0153 e. The fourth-order valence-electron chi connectivity index (χ4n) is 8.17. The molecule has 5 fully saturated rings. The van der Waals surface area contributed by atoms with Gasteiger partial charge in [0.25, 0.3) is 0 Å². The Morgan fingerprint density at radius 3 is 1.79 bits per heavy atom. The molecule has 5 saturated carbocycles. The first-order valence-corrected chi connectivity index (χ1v) is 15.9. The number of hydrogen-bond donors (Lipinski definition) is 3. The minimum absolute atomic E-state index is 0.412. The Morgan fingerprint density at radius 1 is 0.816 bits per heavy atom. The third kappa shape index (κ3) is 10.3. The Balaban J connectivity index is 0.000000761. The predicted octanol–water partition coefficient (Wildman–Crippen LogP) is 9.31. The Hall–Kier alpha value is -0.900. The zero-order valence-corrected chi connectivity index (χ0v) is 26.9. The van der Waals surface area contributed by atoms with E-state index >= 15 is 0 Å². The van der Waals surface area contributed by atoms with Crippen LogP contribution in [0.25, 0.3) is 0 Å². The summed E-state index contributed by atoms with van der Waals surface area (Å²) in [6, 6.07) is 0.412. The van der Waals surface area contributed by atoms with Gasteiger partial charge in [0.1, 0.15) is 0 Å². The van der Waals surface area contributed by atoms with Gasteiger partial charge in [-0.15, -0.1) is 26.3 Å². The summed E-state index contributed by atoms with van der Waals surface area (Å²) in [6.45, 7) is 30.2. The second-order valence-corrected chi connectivity index (χ2v) is 13.0. The molecule has 3 heteroatoms. The van der Waals surface area contributed by atoms with Gasteiger partial charge in [0.15, 0.2) is 0 Å². The first kappa shape index (κ1) is 37.1. The lowest BCUT2D eigenvalue weighted by Crippen LogP contribution is -2.48. The molecule has 224 valence electrons. The molecule has 0 amide bonds. The lowest BCUT2D eigenvalue weighted by atomic mass is 9.49. The fourth-order valence-corrected chi connectivity index (χ4v) is 8.17. The van der Waals surface area contributed by atoms with E-state index in [1.807, 2.05) is 13.8 Å². The zero-order chi connectivity index (χ0) is 29.5. The van der Waals surface area contributed by atoms with Crippen LogP contribution in [-0.4, -0.2) is 13.1 Å². The maximum atomic E-state index is 4.92. The minimum atomic E-state index is 0.412. The molecule has 0 aromatic carbocycles. The molecule has 0 aromatic heterocycles. The summed E-state index contributed by atoms with van der Waals surface area (Å²) < 4.78 is 0. The van der Waals surface area contributed by atoms with E-state index in [9.17, 15) is 0 Å². The molecule has 0 radical (unpaired) electrons. The van der Waals surface area contributed by atoms with Crippen LogP contribution in [0.4, 0.5) is 0 Å². The number of nitrogens with two attached hydrogens (primary N) is 2. The molecular weight excluding hydrogens is 462 g/mol. The second kappa shape index (κ2) is 19.2. The highest BCUT2D eigenvalue weighted by molar-refractivity contribution is 5.15. The molecule has 5 rings (SSSR count). The standard InChI is InChI=1S/C23H38.C4H8.C3H10N2.2C2H4.CH5N/c1-5-16(3)21-10-11-22-20-9-7-17-14-15(2)6-8-18(17)19(20)12-13-23(21,22)4;1-4-2-3-4;1-3(2)5-4;3*1-2/h15,17-22H,3,5-14H2,1-2,4H3;4H,2-3H2,1H3;3,5H,4H2,1-2H3;2*1-2H2;2H2,1H3/t15-,17?,18?,19?,20?,21?,22?,23?;;;;;/m0...../s1. The van der Waals surface area contributed by atoms with Gasteiger partial charge in [-0.2, -0.15) is 0 Å². The molecule has 3 nitrogen and oxygen atoms in total. The van der Waals surface area contributed by atoms with Crippen LogP contribution in [0, 0.1) is 52.8 Å². The molecule has 0 bridgehead atoms. The Bertz CT molecular complexity index is 625. The third-order valence-electron chi connectivity index (χ3n) is 10.4. The molecule has 7 unspecified atom stereocenters. The van der Waals surface area contributed by atoms with Gasteiger partial charge >= 0.3 is 0 Å². The summed E-state index contributed by atoms with van der Waals surface area (Å²) >= 11 is 0. The van der Waals surface area contributed by atoms with Crippen LogP contribution < -0.4 is 17.0 Å². The van der Waals surface area contributed by atoms with Crippen molar-refractivity contribution in [1.82, 2.24) is 5.43 Å². The third-order valence-corrected chi connectivity index (χ3v) is 10.4. The summed E-state index contributed by atoms with van der Waals surface area (Å²) in [5.41, 5.74) is 9.19. The van der Waals surface area contributed by atoms with E-state index in [0.717, 1.165) is 47.3 Å². The van der Waals surface area contributed by atoms with Crippen molar-refractivity contribution >= 4 is 0 Å². The molecule has 5 N–H and O–H groups in total. The largest absolute Gasteiger partial charge is 0.333 e. The Morgan fingerprint density at radius 2 is 1.32 bits per heavy atom. The SMILES string of the molecule is C=C.C=C.C=C(CC)C1CCC2C3CCC4C[C@@H](C)CCC4C3CCC12C.CC(C)NN.CC1CC1.CN. The summed E-state index contributed by atoms with van der Waals surface area (Å²) in [5.74, 6) is 13.2. The van der Waals surface area contributed by atoms with Crippen LogP contribution in [0.3, 0.4) is 0 Å². The van der Waals surface area contributed by atoms with Crippen LogP contribution >= 0.6 is 0 Å². The first-order valence-electron chi connectivity index (χ1n) is 15.9. The van der Waals surface area contributed by atoms with Crippen LogP contribution in [0.2, 0.25) is 0 Å². The van der Waals surface area contributed by atoms with Gasteiger partial charge in [-0.25, -0.2) is 0 Å². The number of rotatable bonds is 3. The zero-order valence-electron chi connectivity index (χ0n) is 26.9. The van der Waals surface area contributed by atoms with Crippen molar-refractivity contribution in [2.45, 2.75) is 125 Å². The van der Waals surface area contributed by atoms with Crippen molar-refractivity contribution in [3.8, 4) is 0 Å². The molecule has 0 aliphatic heterocycles. The second-order valence-electron chi connectivity index (χ2n) is 13.0. The summed E-state index contributed by atoms with van der Waals surface area (Å²) in [6.07, 6.45) is 17.9. The van der Waals surface area contributed by atoms with Gasteiger partial charge in [0.2, 0.25) is 0 Å². The van der Waals surface area contributed by atoms with Gasteiger partial charge < -0.3 is 5.73 Å². The number of hydrogen-bond acceptors (Lipinski definition) is 3. The highest BCUT2D eigenvalue weighted by atomic mass is 15.2. The molecule has 0 saturated heterocycles. The van der Waals surface area contributed by atoms with E-state index in [4.69, 9.17) is 5.84 Å². The minimum Gasteiger partial charge on any atom is -0.333 e. The van der Waals surface area contributed by atoms with Crippen molar-refractivity contribution in [3.05, 3.63) is 38.5 Å². The summed E-state index contributed by atoms with van der Waals surface area (Å²) in [7, 11) is 1.50. The smallest absolute Gasteiger partial charge is 0.0153 e. The number of hydrazine groups is 1. The van der Waals surface area contributed by atoms with Crippen LogP contribution in [0.5, 0.6) is 0 Å². The Kier molecular flexibility index (Phi) is 18.8. The van der Waals surface area contributed by atoms with E-state index in [1.165, 1.54) is 52.0 Å². The highest BCUT2D eigenvalue weighted by Gasteiger charge is 2.56. The molecule has 0 spiro atoms. The maximum absolute atomic E-state index is 4.92. The van der Waals surface area contributed by atoms with Crippen LogP contribution in [-0.2, 0) is 0 Å². The lowest BCUT2D eigenvalue weighted by Gasteiger charge is -2.56.